The summed E-state index contributed by atoms with van der Waals surface area (Å²) in [6.07, 6.45) is -5.66. The van der Waals surface area contributed by atoms with E-state index < -0.39 is 43.2 Å². The van der Waals surface area contributed by atoms with Crippen molar-refractivity contribution in [3.63, 3.8) is 0 Å². The number of fused-ring (bicyclic) bond motifs is 10. The molecule has 232 valence electrons. The monoisotopic (exact) mass is 623 g/mol. The minimum Gasteiger partial charge on any atom is -0.394 e. The van der Waals surface area contributed by atoms with Crippen LogP contribution in [0.2, 0.25) is 0 Å². The predicted molar refractivity (Wildman–Crippen MR) is 166 cm³/mol. The van der Waals surface area contributed by atoms with E-state index in [9.17, 15) is 30.0 Å². The Hall–Kier alpha value is -3.62. The van der Waals surface area contributed by atoms with Gasteiger partial charge in [0, 0.05) is 46.3 Å². The number of aromatic amines is 1. The SMILES string of the molecule is CCN(CC)CCN1C(=O)c2c(c3c4cccnc4n([C@@H]4O[C@H](CO)[C@@H](O)[C@H](O)[C@H]4O)c3c3[nH]c4ccccc4c23)C1=O.Cl. The maximum atomic E-state index is 14.3. The number of pyridine rings is 1. The highest BCUT2D eigenvalue weighted by atomic mass is 35.5. The van der Waals surface area contributed by atoms with Crippen molar-refractivity contribution in [1.29, 1.82) is 0 Å². The highest BCUT2D eigenvalue weighted by Gasteiger charge is 2.47. The van der Waals surface area contributed by atoms with Crippen LogP contribution in [0.3, 0.4) is 0 Å². The zero-order chi connectivity index (χ0) is 30.2. The number of carbonyl (C=O) groups is 2. The Morgan fingerprint density at radius 3 is 2.32 bits per heavy atom. The van der Waals surface area contributed by atoms with Crippen LogP contribution in [0.1, 0.15) is 40.8 Å². The largest absolute Gasteiger partial charge is 0.394 e. The Morgan fingerprint density at radius 1 is 0.932 bits per heavy atom. The number of H-pyrrole nitrogens is 1. The van der Waals surface area contributed by atoms with E-state index in [4.69, 9.17) is 4.74 Å². The van der Waals surface area contributed by atoms with Crippen LogP contribution < -0.4 is 0 Å². The summed E-state index contributed by atoms with van der Waals surface area (Å²) in [5, 5.41) is 44.7. The van der Waals surface area contributed by atoms with Crippen LogP contribution in [0.5, 0.6) is 0 Å². The number of nitrogens with zero attached hydrogens (tertiary/aromatic N) is 4. The van der Waals surface area contributed by atoms with E-state index in [0.717, 1.165) is 24.0 Å². The fourth-order valence-corrected chi connectivity index (χ4v) is 6.78. The van der Waals surface area contributed by atoms with E-state index in [-0.39, 0.29) is 30.4 Å². The Kier molecular flexibility index (Phi) is 7.87. The first-order valence-electron chi connectivity index (χ1n) is 14.6. The van der Waals surface area contributed by atoms with Gasteiger partial charge in [0.2, 0.25) is 0 Å². The molecule has 2 aromatic carbocycles. The number of amides is 2. The summed E-state index contributed by atoms with van der Waals surface area (Å²) in [6.45, 7) is 5.80. The number of carbonyl (C=O) groups excluding carboxylic acids is 2. The van der Waals surface area contributed by atoms with Crippen LogP contribution in [0.4, 0.5) is 0 Å². The van der Waals surface area contributed by atoms with Crippen LogP contribution in [-0.2, 0) is 4.74 Å². The second kappa shape index (κ2) is 11.4. The van der Waals surface area contributed by atoms with Gasteiger partial charge in [-0.05, 0) is 31.3 Å². The van der Waals surface area contributed by atoms with Crippen molar-refractivity contribution >= 4 is 68.0 Å². The molecule has 7 rings (SSSR count). The van der Waals surface area contributed by atoms with Crippen molar-refractivity contribution in [2.75, 3.05) is 32.8 Å². The molecule has 0 radical (unpaired) electrons. The number of aliphatic hydroxyl groups is 4. The number of likely N-dealkylation sites (N-methyl/N-ethyl adjacent to an activating group) is 1. The van der Waals surface area contributed by atoms with Crippen molar-refractivity contribution in [3.8, 4) is 0 Å². The van der Waals surface area contributed by atoms with E-state index in [1.165, 1.54) is 4.90 Å². The molecule has 5 atom stereocenters. The Bertz CT molecular complexity index is 1920. The van der Waals surface area contributed by atoms with Crippen LogP contribution in [-0.4, -0.2) is 114 Å². The zero-order valence-corrected chi connectivity index (χ0v) is 25.0. The summed E-state index contributed by atoms with van der Waals surface area (Å²) in [6, 6.07) is 11.0. The lowest BCUT2D eigenvalue weighted by Gasteiger charge is -2.40. The normalized spacial score (nSPS) is 23.9. The lowest BCUT2D eigenvalue weighted by atomic mass is 9.96. The third-order valence-corrected chi connectivity index (χ3v) is 9.03. The minimum atomic E-state index is -1.63. The first-order chi connectivity index (χ1) is 20.8. The van der Waals surface area contributed by atoms with Gasteiger partial charge in [0.25, 0.3) is 11.8 Å². The highest BCUT2D eigenvalue weighted by molar-refractivity contribution is 6.39. The summed E-state index contributed by atoms with van der Waals surface area (Å²) >= 11 is 0. The second-order valence-corrected chi connectivity index (χ2v) is 11.1. The Labute approximate surface area is 257 Å². The van der Waals surface area contributed by atoms with E-state index in [1.807, 2.05) is 38.1 Å². The van der Waals surface area contributed by atoms with Crippen LogP contribution >= 0.6 is 12.4 Å². The third kappa shape index (κ3) is 4.17. The van der Waals surface area contributed by atoms with Gasteiger partial charge in [-0.3, -0.25) is 19.1 Å². The van der Waals surface area contributed by atoms with Gasteiger partial charge in [0.05, 0.1) is 28.8 Å². The molecule has 0 saturated carbocycles. The molecule has 1 fully saturated rings. The third-order valence-electron chi connectivity index (χ3n) is 9.03. The van der Waals surface area contributed by atoms with Gasteiger partial charge in [-0.15, -0.1) is 12.4 Å². The van der Waals surface area contributed by atoms with Gasteiger partial charge >= 0.3 is 0 Å². The number of halogens is 1. The maximum absolute atomic E-state index is 14.3. The average Bonchev–Trinajstić information content (AvgIpc) is 3.65. The van der Waals surface area contributed by atoms with Gasteiger partial charge in [-0.1, -0.05) is 32.0 Å². The summed E-state index contributed by atoms with van der Waals surface area (Å²) in [7, 11) is 0. The molecule has 5 N–H and O–H groups in total. The van der Waals surface area contributed by atoms with Gasteiger partial charge in [-0.25, -0.2) is 4.98 Å². The van der Waals surface area contributed by atoms with Gasteiger partial charge in [0.15, 0.2) is 6.23 Å². The van der Waals surface area contributed by atoms with E-state index in [2.05, 4.69) is 14.9 Å². The number of ether oxygens (including phenoxy) is 1. The molecule has 2 aliphatic heterocycles. The molecule has 12 nitrogen and oxygen atoms in total. The van der Waals surface area contributed by atoms with Crippen molar-refractivity contribution in [2.24, 2.45) is 0 Å². The first kappa shape index (κ1) is 30.4. The molecule has 5 aromatic rings. The number of nitrogens with one attached hydrogen (secondary N) is 1. The fourth-order valence-electron chi connectivity index (χ4n) is 6.78. The lowest BCUT2D eigenvalue weighted by Crippen LogP contribution is -2.56. The molecule has 0 unspecified atom stereocenters. The summed E-state index contributed by atoms with van der Waals surface area (Å²) in [5.74, 6) is -0.789. The van der Waals surface area contributed by atoms with E-state index in [0.29, 0.717) is 44.9 Å². The minimum absolute atomic E-state index is 0. The lowest BCUT2D eigenvalue weighted by molar-refractivity contribution is -0.249. The predicted octanol–water partition coefficient (Wildman–Crippen LogP) is 2.16. The topological polar surface area (TPSA) is 164 Å². The second-order valence-electron chi connectivity index (χ2n) is 11.1. The summed E-state index contributed by atoms with van der Waals surface area (Å²) in [5.41, 5.74) is 2.63. The molecule has 1 saturated heterocycles. The number of aromatic nitrogens is 3. The molecular weight excluding hydrogens is 590 g/mol. The molecule has 3 aromatic heterocycles. The van der Waals surface area contributed by atoms with E-state index >= 15 is 0 Å². The van der Waals surface area contributed by atoms with Gasteiger partial charge < -0.3 is 35.0 Å². The molecule has 44 heavy (non-hydrogen) atoms. The zero-order valence-electron chi connectivity index (χ0n) is 24.2. The van der Waals surface area contributed by atoms with Crippen LogP contribution in [0.25, 0.3) is 43.7 Å². The van der Waals surface area contributed by atoms with Crippen molar-refractivity contribution < 1.29 is 34.8 Å². The van der Waals surface area contributed by atoms with Gasteiger partial charge in [-0.2, -0.15) is 0 Å². The molecule has 0 spiro atoms. The highest BCUT2D eigenvalue weighted by Crippen LogP contribution is 2.46. The van der Waals surface area contributed by atoms with Crippen LogP contribution in [0.15, 0.2) is 42.6 Å². The quantitative estimate of drug-likeness (QED) is 0.171. The number of imide groups is 1. The van der Waals surface area contributed by atoms with Gasteiger partial charge in [0.1, 0.15) is 30.1 Å². The summed E-state index contributed by atoms with van der Waals surface area (Å²) < 4.78 is 7.62. The molecule has 13 heteroatoms. The number of aliphatic hydroxyl groups excluding tert-OH is 4. The fraction of sp³-hybridized carbons (Fsp3) is 0.387. The number of hydrogen-bond acceptors (Lipinski definition) is 9. The summed E-state index contributed by atoms with van der Waals surface area (Å²) in [4.78, 5) is 39.9. The first-order valence-corrected chi connectivity index (χ1v) is 14.6. The smallest absolute Gasteiger partial charge is 0.262 e. The average molecular weight is 624 g/mol. The molecule has 5 heterocycles. The number of hydrogen-bond donors (Lipinski definition) is 5. The number of benzene rings is 2. The molecular formula is C31H34ClN5O7. The van der Waals surface area contributed by atoms with Crippen molar-refractivity contribution in [2.45, 2.75) is 44.5 Å². The van der Waals surface area contributed by atoms with E-state index in [1.54, 1.807) is 22.9 Å². The number of para-hydroxylation sites is 1. The molecule has 0 bridgehead atoms. The molecule has 0 aliphatic carbocycles. The standard InChI is InChI=1S/C31H33N5O7.ClH/c1-3-34(4-2)12-13-35-29(41)21-19-15-8-5-6-10-17(15)33-23(19)24-20(22(21)30(35)42)16-9-7-11-32-28(16)36(24)31-27(40)26(39)25(38)18(14-37)43-31;/h5-11,18,25-27,31,33,37-40H,3-4,12-14H2,1-2H3;1H/t18-,25-,26+,27-,31-;/m1./s1. The maximum Gasteiger partial charge on any atom is 0.262 e. The van der Waals surface area contributed by atoms with Crippen molar-refractivity contribution in [3.05, 3.63) is 53.7 Å². The molecule has 2 aliphatic rings. The Morgan fingerprint density at radius 2 is 1.61 bits per heavy atom. The Balaban J connectivity index is 0.00000343. The van der Waals surface area contributed by atoms with Crippen molar-refractivity contribution in [1.82, 2.24) is 24.3 Å². The molecule has 2 amide bonds. The van der Waals surface area contributed by atoms with Crippen LogP contribution in [0, 0.1) is 0 Å². The number of rotatable bonds is 7.